The first-order valence-electron chi connectivity index (χ1n) is 15.4. The number of hydrogen-bond acceptors (Lipinski definition) is 6. The van der Waals surface area contributed by atoms with Crippen molar-refractivity contribution in [1.82, 2.24) is 20.3 Å². The molecule has 0 saturated heterocycles. The number of amides is 3. The number of benzene rings is 1. The van der Waals surface area contributed by atoms with Crippen LogP contribution >= 0.6 is 0 Å². The molecule has 0 aliphatic heterocycles. The molecule has 0 bridgehead atoms. The molecular weight excluding hydrogens is 564 g/mol. The van der Waals surface area contributed by atoms with Crippen LogP contribution in [-0.2, 0) is 29.8 Å². The molecule has 2 rings (SSSR count). The van der Waals surface area contributed by atoms with Crippen molar-refractivity contribution in [2.75, 3.05) is 14.1 Å². The zero-order valence-electron chi connectivity index (χ0n) is 27.8. The van der Waals surface area contributed by atoms with Crippen molar-refractivity contribution in [2.45, 2.75) is 116 Å². The monoisotopic (exact) mass is 618 g/mol. The first kappa shape index (κ1) is 36.5. The molecule has 242 valence electrons. The van der Waals surface area contributed by atoms with E-state index < -0.39 is 50.1 Å². The van der Waals surface area contributed by atoms with Gasteiger partial charge in [0.25, 0.3) is 5.91 Å². The Morgan fingerprint density at radius 1 is 0.953 bits per heavy atom. The number of likely N-dealkylation sites (N-methyl/N-ethyl adjacent to an activating group) is 2. The van der Waals surface area contributed by atoms with Crippen LogP contribution in [0.2, 0.25) is 0 Å². The van der Waals surface area contributed by atoms with Crippen molar-refractivity contribution in [3.8, 4) is 0 Å². The average Bonchev–Trinajstić information content (AvgIpc) is 2.93. The summed E-state index contributed by atoms with van der Waals surface area (Å²) in [6.07, 6.45) is 5.42. The number of nitrogens with one attached hydrogen (secondary N) is 3. The van der Waals surface area contributed by atoms with Crippen LogP contribution in [0, 0.1) is 11.3 Å². The van der Waals surface area contributed by atoms with E-state index in [0.717, 1.165) is 24.8 Å². The van der Waals surface area contributed by atoms with E-state index in [1.54, 1.807) is 32.0 Å². The normalized spacial score (nSPS) is 17.6. The van der Waals surface area contributed by atoms with Gasteiger partial charge in [0.2, 0.25) is 21.8 Å². The fourth-order valence-electron chi connectivity index (χ4n) is 5.83. The molecule has 1 saturated carbocycles. The van der Waals surface area contributed by atoms with Gasteiger partial charge in [0, 0.05) is 18.0 Å². The molecule has 1 aromatic rings. The molecule has 43 heavy (non-hydrogen) atoms. The molecule has 0 heterocycles. The summed E-state index contributed by atoms with van der Waals surface area (Å²) in [7, 11) is -0.396. The van der Waals surface area contributed by atoms with E-state index in [-0.39, 0.29) is 23.3 Å². The van der Waals surface area contributed by atoms with E-state index in [4.69, 9.17) is 0 Å². The van der Waals surface area contributed by atoms with Crippen molar-refractivity contribution in [3.05, 3.63) is 47.5 Å². The van der Waals surface area contributed by atoms with Gasteiger partial charge in [0.15, 0.2) is 0 Å². The summed E-state index contributed by atoms with van der Waals surface area (Å²) in [6, 6.07) is 7.78. The Bertz CT molecular complexity index is 1250. The molecule has 1 aromatic carbocycles. The largest absolute Gasteiger partial charge is 0.342 e. The zero-order valence-corrected chi connectivity index (χ0v) is 28.6. The molecule has 3 unspecified atom stereocenters. The zero-order chi connectivity index (χ0) is 32.8. The average molecular weight is 619 g/mol. The highest BCUT2D eigenvalue weighted by molar-refractivity contribution is 7.90. The maximum Gasteiger partial charge on any atom is 0.260 e. The van der Waals surface area contributed by atoms with Crippen LogP contribution in [0.1, 0.15) is 93.1 Å². The summed E-state index contributed by atoms with van der Waals surface area (Å²) >= 11 is 0. The van der Waals surface area contributed by atoms with E-state index >= 15 is 0 Å². The summed E-state index contributed by atoms with van der Waals surface area (Å²) in [5.74, 6) is -1.37. The van der Waals surface area contributed by atoms with Crippen molar-refractivity contribution >= 4 is 27.7 Å². The quantitative estimate of drug-likeness (QED) is 0.300. The lowest BCUT2D eigenvalue weighted by molar-refractivity contribution is -0.140. The Morgan fingerprint density at radius 3 is 2.00 bits per heavy atom. The van der Waals surface area contributed by atoms with Gasteiger partial charge in [-0.15, -0.1) is 0 Å². The minimum Gasteiger partial charge on any atom is -0.342 e. The first-order valence-corrected chi connectivity index (χ1v) is 16.9. The van der Waals surface area contributed by atoms with Gasteiger partial charge in [-0.3, -0.25) is 14.4 Å². The van der Waals surface area contributed by atoms with Crippen molar-refractivity contribution in [3.63, 3.8) is 0 Å². The van der Waals surface area contributed by atoms with Gasteiger partial charge in [0.1, 0.15) is 6.04 Å². The number of carbonyl (C=O) groups excluding carboxylic acids is 3. The van der Waals surface area contributed by atoms with Gasteiger partial charge < -0.3 is 15.5 Å². The fourth-order valence-corrected chi connectivity index (χ4v) is 7.37. The lowest BCUT2D eigenvalue weighted by atomic mass is 9.76. The summed E-state index contributed by atoms with van der Waals surface area (Å²) in [5.41, 5.74) is 0.0175. The molecule has 0 aromatic heterocycles. The molecule has 0 spiro atoms. The lowest BCUT2D eigenvalue weighted by Crippen LogP contribution is -2.61. The number of rotatable bonds is 12. The van der Waals surface area contributed by atoms with Gasteiger partial charge in [-0.1, -0.05) is 104 Å². The predicted molar refractivity (Wildman–Crippen MR) is 173 cm³/mol. The molecule has 0 radical (unpaired) electrons. The molecule has 1 aliphatic rings. The van der Waals surface area contributed by atoms with E-state index in [9.17, 15) is 22.8 Å². The second kappa shape index (κ2) is 14.8. The molecule has 3 atom stereocenters. The van der Waals surface area contributed by atoms with E-state index in [0.29, 0.717) is 12.8 Å². The van der Waals surface area contributed by atoms with Gasteiger partial charge in [-0.25, -0.2) is 13.1 Å². The van der Waals surface area contributed by atoms with E-state index in [2.05, 4.69) is 15.4 Å². The third kappa shape index (κ3) is 9.38. The summed E-state index contributed by atoms with van der Waals surface area (Å²) in [5, 5.41) is 5.61. The molecule has 3 amide bonds. The fraction of sp³-hybridized carbons (Fsp3) is 0.667. The van der Waals surface area contributed by atoms with Crippen LogP contribution in [0.25, 0.3) is 0 Å². The van der Waals surface area contributed by atoms with Crippen LogP contribution in [-0.4, -0.2) is 68.5 Å². The summed E-state index contributed by atoms with van der Waals surface area (Å²) < 4.78 is 27.9. The van der Waals surface area contributed by atoms with Crippen LogP contribution in [0.5, 0.6) is 0 Å². The maximum absolute atomic E-state index is 14.1. The minimum atomic E-state index is -3.78. The number of hydrogen-bond donors (Lipinski definition) is 3. The second-order valence-corrected chi connectivity index (χ2v) is 15.8. The highest BCUT2D eigenvalue weighted by Crippen LogP contribution is 2.29. The Morgan fingerprint density at radius 2 is 1.51 bits per heavy atom. The predicted octanol–water partition coefficient (Wildman–Crippen LogP) is 4.29. The summed E-state index contributed by atoms with van der Waals surface area (Å²) in [6.45, 7) is 15.1. The second-order valence-electron chi connectivity index (χ2n) is 13.9. The smallest absolute Gasteiger partial charge is 0.260 e. The molecule has 1 fully saturated rings. The van der Waals surface area contributed by atoms with E-state index in [1.807, 2.05) is 78.8 Å². The third-order valence-electron chi connectivity index (χ3n) is 8.67. The van der Waals surface area contributed by atoms with Gasteiger partial charge >= 0.3 is 0 Å². The standard InChI is InChI=1S/C33H54N4O5S/c1-22(2)26(21-23(3)29(38)36-43(41,42)25-19-15-12-16-20-25)37(10)31(40)28(32(4,5)6)35-30(39)27(34-9)33(7,8)24-17-13-11-14-18-24/h11,13-14,17-18,21-22,25-28,34H,12,15-16,19-20H2,1-10H3,(H,35,39)(H,36,38). The molecule has 10 heteroatoms. The van der Waals surface area contributed by atoms with Crippen molar-refractivity contribution in [1.29, 1.82) is 0 Å². The Kier molecular flexibility index (Phi) is 12.6. The lowest BCUT2D eigenvalue weighted by Gasteiger charge is -2.40. The molecule has 3 N–H and O–H groups in total. The molecular formula is C33H54N4O5S. The highest BCUT2D eigenvalue weighted by Gasteiger charge is 2.41. The van der Waals surface area contributed by atoms with Crippen molar-refractivity contribution in [2.24, 2.45) is 11.3 Å². The van der Waals surface area contributed by atoms with Crippen molar-refractivity contribution < 1.29 is 22.8 Å². The van der Waals surface area contributed by atoms with E-state index in [1.165, 1.54) is 0 Å². The Hall–Kier alpha value is -2.72. The Labute approximate surface area is 259 Å². The van der Waals surface area contributed by atoms with Crippen LogP contribution in [0.15, 0.2) is 42.0 Å². The van der Waals surface area contributed by atoms with Crippen LogP contribution in [0.3, 0.4) is 0 Å². The highest BCUT2D eigenvalue weighted by atomic mass is 32.2. The topological polar surface area (TPSA) is 125 Å². The maximum atomic E-state index is 14.1. The molecule has 9 nitrogen and oxygen atoms in total. The number of carbonyl (C=O) groups is 3. The summed E-state index contributed by atoms with van der Waals surface area (Å²) in [4.78, 5) is 42.3. The SMILES string of the molecule is CNC(C(=O)NC(C(=O)N(C)C(C=C(C)C(=O)NS(=O)(=O)C1CCCCC1)C(C)C)C(C)(C)C)C(C)(C)c1ccccc1. The van der Waals surface area contributed by atoms with Gasteiger partial charge in [-0.2, -0.15) is 0 Å². The van der Waals surface area contributed by atoms with Crippen LogP contribution < -0.4 is 15.4 Å². The number of nitrogens with zero attached hydrogens (tertiary/aromatic N) is 1. The Balaban J connectivity index is 2.29. The molecule has 1 aliphatic carbocycles. The third-order valence-corrected chi connectivity index (χ3v) is 10.5. The van der Waals surface area contributed by atoms with Crippen LogP contribution in [0.4, 0.5) is 0 Å². The van der Waals surface area contributed by atoms with Gasteiger partial charge in [0.05, 0.1) is 17.3 Å². The minimum absolute atomic E-state index is 0.0926. The van der Waals surface area contributed by atoms with Gasteiger partial charge in [-0.05, 0) is 43.7 Å². The first-order chi connectivity index (χ1) is 19.8. The number of sulfonamides is 1.